The second-order valence-corrected chi connectivity index (χ2v) is 12.9. The predicted molar refractivity (Wildman–Crippen MR) is 128 cm³/mol. The Bertz CT molecular complexity index is 634. The molecule has 0 amide bonds. The molecule has 4 aliphatic carbocycles. The van der Waals surface area contributed by atoms with E-state index < -0.39 is 0 Å². The van der Waals surface area contributed by atoms with Crippen molar-refractivity contribution in [2.24, 2.45) is 52.3 Å². The van der Waals surface area contributed by atoms with E-state index in [1.54, 1.807) is 5.57 Å². The van der Waals surface area contributed by atoms with Crippen LogP contribution in [0, 0.1) is 52.3 Å². The molecule has 1 nitrogen and oxygen atoms in total. The molecule has 0 aromatic heterocycles. The van der Waals surface area contributed by atoms with Crippen LogP contribution in [0.4, 0.5) is 0 Å². The van der Waals surface area contributed by atoms with Crippen LogP contribution < -0.4 is 0 Å². The first-order chi connectivity index (χ1) is 14.2. The Morgan fingerprint density at radius 1 is 1.00 bits per heavy atom. The van der Waals surface area contributed by atoms with Gasteiger partial charge in [0.15, 0.2) is 0 Å². The molecule has 3 unspecified atom stereocenters. The monoisotopic (exact) mass is 414 g/mol. The smallest absolute Gasteiger partial charge is 0.0577 e. The largest absolute Gasteiger partial charge is 0.393 e. The number of hydrogen-bond acceptors (Lipinski definition) is 1. The zero-order chi connectivity index (χ0) is 21.7. The number of hydrogen-bond donors (Lipinski definition) is 1. The lowest BCUT2D eigenvalue weighted by atomic mass is 9.47. The summed E-state index contributed by atoms with van der Waals surface area (Å²) in [6, 6.07) is 0. The summed E-state index contributed by atoms with van der Waals surface area (Å²) in [7, 11) is 0. The fourth-order valence-electron chi connectivity index (χ4n) is 9.30. The highest BCUT2D eigenvalue weighted by Gasteiger charge is 2.59. The van der Waals surface area contributed by atoms with Crippen LogP contribution in [0.25, 0.3) is 0 Å². The van der Waals surface area contributed by atoms with Gasteiger partial charge < -0.3 is 5.11 Å². The Balaban J connectivity index is 1.47. The molecule has 172 valence electrons. The maximum absolute atomic E-state index is 10.2. The Morgan fingerprint density at radius 3 is 2.47 bits per heavy atom. The van der Waals surface area contributed by atoms with Crippen molar-refractivity contribution < 1.29 is 5.11 Å². The van der Waals surface area contributed by atoms with Gasteiger partial charge in [-0.05, 0) is 110 Å². The molecule has 4 aliphatic rings. The van der Waals surface area contributed by atoms with Gasteiger partial charge in [-0.15, -0.1) is 0 Å². The standard InChI is InChI=1S/C29H50O/c1-7-21(19(2)3)9-8-20(4)25-12-13-26-24-11-10-22-18-23(30)14-16-28(22,5)27(24)15-17-29(25,26)6/h10,19-21,23-27,30H,7-9,11-18H2,1-6H3/t20-,21-,23+,24?,25?,26+,27?,28+,29-/m1/s1. The molecule has 0 spiro atoms. The molecule has 0 bridgehead atoms. The van der Waals surface area contributed by atoms with Crippen molar-refractivity contribution in [3.05, 3.63) is 11.6 Å². The van der Waals surface area contributed by atoms with Gasteiger partial charge in [-0.1, -0.05) is 66.0 Å². The number of rotatable bonds is 6. The van der Waals surface area contributed by atoms with Gasteiger partial charge in [0.2, 0.25) is 0 Å². The summed E-state index contributed by atoms with van der Waals surface area (Å²) < 4.78 is 0. The second-order valence-electron chi connectivity index (χ2n) is 12.9. The van der Waals surface area contributed by atoms with E-state index in [2.05, 4.69) is 47.6 Å². The van der Waals surface area contributed by atoms with E-state index in [0.29, 0.717) is 10.8 Å². The first-order valence-electron chi connectivity index (χ1n) is 13.6. The van der Waals surface area contributed by atoms with E-state index in [-0.39, 0.29) is 6.10 Å². The number of fused-ring (bicyclic) bond motifs is 5. The van der Waals surface area contributed by atoms with Gasteiger partial charge in [0.1, 0.15) is 0 Å². The molecule has 3 saturated carbocycles. The minimum Gasteiger partial charge on any atom is -0.393 e. The maximum Gasteiger partial charge on any atom is 0.0577 e. The predicted octanol–water partition coefficient (Wildman–Crippen LogP) is 8.02. The van der Waals surface area contributed by atoms with Crippen molar-refractivity contribution >= 4 is 0 Å². The molecule has 30 heavy (non-hydrogen) atoms. The SMILES string of the molecule is CC[C@H](CC[C@@H](C)C1CC[C@H]2C3CC=C4C[C@@H](O)CC[C@]4(C)C3CC[C@]12C)C(C)C. The molecule has 1 N–H and O–H groups in total. The van der Waals surface area contributed by atoms with Gasteiger partial charge in [-0.3, -0.25) is 0 Å². The van der Waals surface area contributed by atoms with Crippen molar-refractivity contribution in [3.63, 3.8) is 0 Å². The van der Waals surface area contributed by atoms with E-state index in [9.17, 15) is 5.11 Å². The summed E-state index contributed by atoms with van der Waals surface area (Å²) in [5, 5.41) is 10.2. The van der Waals surface area contributed by atoms with Crippen LogP contribution in [-0.2, 0) is 0 Å². The van der Waals surface area contributed by atoms with E-state index in [1.165, 1.54) is 57.8 Å². The normalized spacial score (nSPS) is 45.3. The summed E-state index contributed by atoms with van der Waals surface area (Å²) in [6.07, 6.45) is 17.1. The minimum atomic E-state index is -0.0794. The summed E-state index contributed by atoms with van der Waals surface area (Å²) in [4.78, 5) is 0. The van der Waals surface area contributed by atoms with Crippen LogP contribution in [0.3, 0.4) is 0 Å². The summed E-state index contributed by atoms with van der Waals surface area (Å²) in [5.74, 6) is 6.31. The van der Waals surface area contributed by atoms with Gasteiger partial charge in [-0.25, -0.2) is 0 Å². The maximum atomic E-state index is 10.2. The van der Waals surface area contributed by atoms with Crippen LogP contribution in [0.2, 0.25) is 0 Å². The third-order valence-corrected chi connectivity index (χ3v) is 11.3. The molecule has 0 aromatic rings. The molecule has 0 saturated heterocycles. The number of allylic oxidation sites excluding steroid dienone is 1. The van der Waals surface area contributed by atoms with Crippen molar-refractivity contribution in [1.29, 1.82) is 0 Å². The molecule has 1 heteroatoms. The van der Waals surface area contributed by atoms with E-state index in [1.807, 2.05) is 0 Å². The molecule has 4 rings (SSSR count). The van der Waals surface area contributed by atoms with Crippen LogP contribution in [0.1, 0.15) is 112 Å². The zero-order valence-electron chi connectivity index (χ0n) is 20.9. The second kappa shape index (κ2) is 8.57. The van der Waals surface area contributed by atoms with Crippen LogP contribution in [0.15, 0.2) is 11.6 Å². The van der Waals surface area contributed by atoms with Gasteiger partial charge >= 0.3 is 0 Å². The van der Waals surface area contributed by atoms with Gasteiger partial charge in [0, 0.05) is 0 Å². The molecule has 3 fully saturated rings. The topological polar surface area (TPSA) is 20.2 Å². The Morgan fingerprint density at radius 2 is 1.77 bits per heavy atom. The summed E-state index contributed by atoms with van der Waals surface area (Å²) >= 11 is 0. The van der Waals surface area contributed by atoms with Gasteiger partial charge in [0.05, 0.1) is 6.10 Å². The number of aliphatic hydroxyl groups excluding tert-OH is 1. The molecule has 0 heterocycles. The third-order valence-electron chi connectivity index (χ3n) is 11.3. The highest BCUT2D eigenvalue weighted by atomic mass is 16.3. The van der Waals surface area contributed by atoms with Crippen molar-refractivity contribution in [2.75, 3.05) is 0 Å². The van der Waals surface area contributed by atoms with Crippen molar-refractivity contribution in [1.82, 2.24) is 0 Å². The molecular weight excluding hydrogens is 364 g/mol. The van der Waals surface area contributed by atoms with Crippen molar-refractivity contribution in [3.8, 4) is 0 Å². The lowest BCUT2D eigenvalue weighted by molar-refractivity contribution is -0.0575. The van der Waals surface area contributed by atoms with Crippen molar-refractivity contribution in [2.45, 2.75) is 118 Å². The lowest BCUT2D eigenvalue weighted by Gasteiger charge is -2.58. The molecule has 0 aliphatic heterocycles. The van der Waals surface area contributed by atoms with E-state index >= 15 is 0 Å². The van der Waals surface area contributed by atoms with Crippen LogP contribution in [0.5, 0.6) is 0 Å². The van der Waals surface area contributed by atoms with E-state index in [0.717, 1.165) is 54.3 Å². The quantitative estimate of drug-likeness (QED) is 0.436. The molecule has 9 atom stereocenters. The van der Waals surface area contributed by atoms with Crippen LogP contribution in [-0.4, -0.2) is 11.2 Å². The Kier molecular flexibility index (Phi) is 6.53. The zero-order valence-corrected chi connectivity index (χ0v) is 20.9. The average molecular weight is 415 g/mol. The first kappa shape index (κ1) is 22.9. The summed E-state index contributed by atoms with van der Waals surface area (Å²) in [6.45, 7) is 15.1. The molecule has 0 aromatic carbocycles. The summed E-state index contributed by atoms with van der Waals surface area (Å²) in [5.41, 5.74) is 2.59. The Labute approximate surface area is 187 Å². The lowest BCUT2D eigenvalue weighted by Crippen LogP contribution is -2.50. The fraction of sp³-hybridized carbons (Fsp3) is 0.931. The minimum absolute atomic E-state index is 0.0794. The number of aliphatic hydroxyl groups is 1. The van der Waals surface area contributed by atoms with Gasteiger partial charge in [0.25, 0.3) is 0 Å². The fourth-order valence-corrected chi connectivity index (χ4v) is 9.30. The highest BCUT2D eigenvalue weighted by molar-refractivity contribution is 5.25. The van der Waals surface area contributed by atoms with Crippen LogP contribution >= 0.6 is 0 Å². The third kappa shape index (κ3) is 3.74. The van der Waals surface area contributed by atoms with E-state index in [4.69, 9.17) is 0 Å². The Hall–Kier alpha value is -0.300. The molecule has 0 radical (unpaired) electrons. The first-order valence-corrected chi connectivity index (χ1v) is 13.6. The average Bonchev–Trinajstić information content (AvgIpc) is 3.06. The molecular formula is C29H50O. The highest BCUT2D eigenvalue weighted by Crippen LogP contribution is 2.67. The van der Waals surface area contributed by atoms with Gasteiger partial charge in [-0.2, -0.15) is 0 Å².